The third kappa shape index (κ3) is 3.19. The van der Waals surface area contributed by atoms with Crippen molar-refractivity contribution in [1.29, 1.82) is 0 Å². The summed E-state index contributed by atoms with van der Waals surface area (Å²) in [6.45, 7) is 4.86. The fraction of sp³-hybridized carbons (Fsp3) is 0.643. The second-order valence-corrected chi connectivity index (χ2v) is 8.19. The van der Waals surface area contributed by atoms with Gasteiger partial charge < -0.3 is 5.32 Å². The first-order chi connectivity index (χ1) is 9.37. The Labute approximate surface area is 120 Å². The molecule has 2 aliphatic carbocycles. The van der Waals surface area contributed by atoms with E-state index < -0.39 is 10.0 Å². The Balaban J connectivity index is 1.63. The summed E-state index contributed by atoms with van der Waals surface area (Å²) in [6.07, 6.45) is 5.00. The van der Waals surface area contributed by atoms with Crippen molar-refractivity contribution in [3.63, 3.8) is 0 Å². The SMILES string of the molecule is CC1(C)CC1NS(=O)(=O)c1ccc(CNC2CC2)cn1. The molecule has 3 rings (SSSR count). The van der Waals surface area contributed by atoms with Crippen LogP contribution in [0.5, 0.6) is 0 Å². The van der Waals surface area contributed by atoms with Crippen molar-refractivity contribution in [3.05, 3.63) is 23.9 Å². The normalized spacial score (nSPS) is 24.6. The van der Waals surface area contributed by atoms with E-state index in [2.05, 4.69) is 28.9 Å². The Morgan fingerprint density at radius 3 is 2.55 bits per heavy atom. The van der Waals surface area contributed by atoms with Crippen molar-refractivity contribution in [1.82, 2.24) is 15.0 Å². The Morgan fingerprint density at radius 2 is 2.05 bits per heavy atom. The van der Waals surface area contributed by atoms with Gasteiger partial charge in [-0.2, -0.15) is 0 Å². The van der Waals surface area contributed by atoms with Crippen LogP contribution in [0.1, 0.15) is 38.7 Å². The zero-order valence-electron chi connectivity index (χ0n) is 11.9. The molecule has 6 heteroatoms. The standard InChI is InChI=1S/C14H21N3O2S/c1-14(2)7-12(14)17-20(18,19)13-6-3-10(9-16-13)8-15-11-4-5-11/h3,6,9,11-12,15,17H,4-5,7-8H2,1-2H3. The molecule has 2 aliphatic rings. The lowest BCUT2D eigenvalue weighted by Gasteiger charge is -2.08. The second kappa shape index (κ2) is 4.79. The molecule has 0 spiro atoms. The maximum atomic E-state index is 12.2. The van der Waals surface area contributed by atoms with Crippen LogP contribution in [0.15, 0.2) is 23.4 Å². The zero-order valence-corrected chi connectivity index (χ0v) is 12.7. The van der Waals surface area contributed by atoms with Gasteiger partial charge in [0, 0.05) is 24.8 Å². The smallest absolute Gasteiger partial charge is 0.258 e. The van der Waals surface area contributed by atoms with E-state index in [4.69, 9.17) is 0 Å². The number of sulfonamides is 1. The minimum Gasteiger partial charge on any atom is -0.310 e. The first kappa shape index (κ1) is 14.0. The maximum absolute atomic E-state index is 12.2. The summed E-state index contributed by atoms with van der Waals surface area (Å²) in [5.41, 5.74) is 1.09. The molecule has 2 N–H and O–H groups in total. The molecule has 0 radical (unpaired) electrons. The van der Waals surface area contributed by atoms with E-state index in [9.17, 15) is 8.42 Å². The van der Waals surface area contributed by atoms with Crippen LogP contribution in [-0.2, 0) is 16.6 Å². The first-order valence-electron chi connectivity index (χ1n) is 7.07. The first-order valence-corrected chi connectivity index (χ1v) is 8.56. The van der Waals surface area contributed by atoms with Crippen molar-refractivity contribution >= 4 is 10.0 Å². The number of hydrogen-bond acceptors (Lipinski definition) is 4. The van der Waals surface area contributed by atoms with E-state index in [0.29, 0.717) is 6.04 Å². The van der Waals surface area contributed by atoms with Crippen LogP contribution in [0.2, 0.25) is 0 Å². The molecule has 2 fully saturated rings. The topological polar surface area (TPSA) is 71.1 Å². The zero-order chi connectivity index (χ0) is 14.4. The third-order valence-corrected chi connectivity index (χ3v) is 5.44. The van der Waals surface area contributed by atoms with Gasteiger partial charge in [0.2, 0.25) is 0 Å². The molecular weight excluding hydrogens is 274 g/mol. The summed E-state index contributed by atoms with van der Waals surface area (Å²) >= 11 is 0. The van der Waals surface area contributed by atoms with E-state index in [-0.39, 0.29) is 16.5 Å². The summed E-state index contributed by atoms with van der Waals surface area (Å²) in [5.74, 6) is 0. The number of nitrogens with zero attached hydrogens (tertiary/aromatic N) is 1. The highest BCUT2D eigenvalue weighted by atomic mass is 32.2. The van der Waals surface area contributed by atoms with Crippen LogP contribution in [-0.4, -0.2) is 25.5 Å². The molecule has 1 heterocycles. The Morgan fingerprint density at radius 1 is 1.35 bits per heavy atom. The summed E-state index contributed by atoms with van der Waals surface area (Å²) < 4.78 is 27.0. The monoisotopic (exact) mass is 295 g/mol. The van der Waals surface area contributed by atoms with Gasteiger partial charge >= 0.3 is 0 Å². The van der Waals surface area contributed by atoms with E-state index in [1.165, 1.54) is 12.8 Å². The molecule has 2 saturated carbocycles. The molecule has 0 aromatic carbocycles. The molecule has 1 aromatic rings. The lowest BCUT2D eigenvalue weighted by molar-refractivity contribution is 0.552. The highest BCUT2D eigenvalue weighted by Gasteiger charge is 2.48. The van der Waals surface area contributed by atoms with Gasteiger partial charge in [0.05, 0.1) is 0 Å². The van der Waals surface area contributed by atoms with Crippen LogP contribution in [0, 0.1) is 5.41 Å². The molecule has 20 heavy (non-hydrogen) atoms. The second-order valence-electron chi connectivity index (χ2n) is 6.53. The van der Waals surface area contributed by atoms with Crippen LogP contribution < -0.4 is 10.0 Å². The van der Waals surface area contributed by atoms with Gasteiger partial charge in [0.25, 0.3) is 10.0 Å². The van der Waals surface area contributed by atoms with Gasteiger partial charge in [0.1, 0.15) is 0 Å². The minimum atomic E-state index is -3.49. The van der Waals surface area contributed by atoms with Crippen LogP contribution in [0.25, 0.3) is 0 Å². The van der Waals surface area contributed by atoms with E-state index in [1.807, 2.05) is 6.07 Å². The molecule has 1 atom stereocenters. The number of pyridine rings is 1. The highest BCUT2D eigenvalue weighted by Crippen LogP contribution is 2.45. The molecule has 1 unspecified atom stereocenters. The Kier molecular flexibility index (Phi) is 3.35. The maximum Gasteiger partial charge on any atom is 0.258 e. The summed E-state index contributed by atoms with van der Waals surface area (Å²) in [5, 5.41) is 3.49. The van der Waals surface area contributed by atoms with Gasteiger partial charge in [-0.15, -0.1) is 0 Å². The van der Waals surface area contributed by atoms with Gasteiger partial charge in [-0.05, 0) is 36.3 Å². The van der Waals surface area contributed by atoms with Crippen molar-refractivity contribution in [2.24, 2.45) is 5.41 Å². The van der Waals surface area contributed by atoms with Crippen molar-refractivity contribution in [2.75, 3.05) is 0 Å². The molecule has 0 bridgehead atoms. The van der Waals surface area contributed by atoms with Crippen LogP contribution in [0.4, 0.5) is 0 Å². The quantitative estimate of drug-likeness (QED) is 0.832. The Hall–Kier alpha value is -0.980. The van der Waals surface area contributed by atoms with Gasteiger partial charge in [0.15, 0.2) is 5.03 Å². The van der Waals surface area contributed by atoms with Crippen molar-refractivity contribution in [3.8, 4) is 0 Å². The van der Waals surface area contributed by atoms with Crippen LogP contribution in [0.3, 0.4) is 0 Å². The predicted octanol–water partition coefficient (Wildman–Crippen LogP) is 1.41. The fourth-order valence-corrected chi connectivity index (χ4v) is 3.48. The number of rotatable bonds is 6. The van der Waals surface area contributed by atoms with Gasteiger partial charge in [-0.25, -0.2) is 18.1 Å². The summed E-state index contributed by atoms with van der Waals surface area (Å²) in [7, 11) is -3.49. The lowest BCUT2D eigenvalue weighted by atomic mass is 10.2. The molecular formula is C14H21N3O2S. The van der Waals surface area contributed by atoms with E-state index >= 15 is 0 Å². The average Bonchev–Trinajstić information content (AvgIpc) is 3.27. The summed E-state index contributed by atoms with van der Waals surface area (Å²) in [4.78, 5) is 4.09. The average molecular weight is 295 g/mol. The van der Waals surface area contributed by atoms with E-state index in [1.54, 1.807) is 12.3 Å². The lowest BCUT2D eigenvalue weighted by Crippen LogP contribution is -2.29. The Bertz CT molecular complexity index is 591. The summed E-state index contributed by atoms with van der Waals surface area (Å²) in [6, 6.07) is 4.08. The molecule has 0 amide bonds. The van der Waals surface area contributed by atoms with Gasteiger partial charge in [-0.1, -0.05) is 19.9 Å². The number of hydrogen-bond donors (Lipinski definition) is 2. The van der Waals surface area contributed by atoms with Crippen molar-refractivity contribution in [2.45, 2.75) is 56.8 Å². The minimum absolute atomic E-state index is 0.0329. The molecule has 1 aromatic heterocycles. The molecule has 0 aliphatic heterocycles. The number of nitrogens with one attached hydrogen (secondary N) is 2. The fourth-order valence-electron chi connectivity index (χ4n) is 2.14. The largest absolute Gasteiger partial charge is 0.310 e. The predicted molar refractivity (Wildman–Crippen MR) is 76.6 cm³/mol. The van der Waals surface area contributed by atoms with Crippen molar-refractivity contribution < 1.29 is 8.42 Å². The molecule has 5 nitrogen and oxygen atoms in total. The van der Waals surface area contributed by atoms with Crippen LogP contribution >= 0.6 is 0 Å². The molecule has 110 valence electrons. The van der Waals surface area contributed by atoms with Gasteiger partial charge in [-0.3, -0.25) is 0 Å². The third-order valence-electron chi connectivity index (χ3n) is 4.06. The molecule has 0 saturated heterocycles. The highest BCUT2D eigenvalue weighted by molar-refractivity contribution is 7.89. The van der Waals surface area contributed by atoms with E-state index in [0.717, 1.165) is 18.5 Å². The number of aromatic nitrogens is 1.